The number of hydrogen-bond acceptors (Lipinski definition) is 2. The predicted octanol–water partition coefficient (Wildman–Crippen LogP) is 3.79. The number of hydrogen-bond donors (Lipinski definition) is 1. The number of sulfonamides is 1. The van der Waals surface area contributed by atoms with Crippen molar-refractivity contribution in [3.63, 3.8) is 0 Å². The van der Waals surface area contributed by atoms with E-state index in [0.717, 1.165) is 36.9 Å². The van der Waals surface area contributed by atoms with Crippen LogP contribution in [0.5, 0.6) is 0 Å². The lowest BCUT2D eigenvalue weighted by atomic mass is 9.92. The Bertz CT molecular complexity index is 1100. The Labute approximate surface area is 153 Å². The van der Waals surface area contributed by atoms with E-state index in [2.05, 4.69) is 17.1 Å². The molecule has 3 aromatic rings. The zero-order valence-corrected chi connectivity index (χ0v) is 15.5. The monoisotopic (exact) mass is 366 g/mol. The smallest absolute Gasteiger partial charge is 0.243 e. The maximum absolute atomic E-state index is 13.2. The van der Waals surface area contributed by atoms with Crippen molar-refractivity contribution in [2.75, 3.05) is 6.54 Å². The van der Waals surface area contributed by atoms with E-state index in [-0.39, 0.29) is 0 Å². The van der Waals surface area contributed by atoms with Crippen molar-refractivity contribution >= 4 is 20.9 Å². The number of rotatable bonds is 2. The molecule has 0 amide bonds. The summed E-state index contributed by atoms with van der Waals surface area (Å²) in [4.78, 5) is 3.86. The number of nitrogens with one attached hydrogen (secondary N) is 1. The maximum Gasteiger partial charge on any atom is 0.243 e. The van der Waals surface area contributed by atoms with Crippen molar-refractivity contribution in [3.05, 3.63) is 64.8 Å². The first kappa shape index (κ1) is 16.1. The molecule has 2 heterocycles. The fourth-order valence-electron chi connectivity index (χ4n) is 4.39. The van der Waals surface area contributed by atoms with E-state index in [1.54, 1.807) is 10.4 Å². The number of fused-ring (bicyclic) bond motifs is 4. The third kappa shape index (κ3) is 2.49. The molecule has 2 aliphatic rings. The number of aromatic amines is 1. The lowest BCUT2D eigenvalue weighted by Gasteiger charge is -2.27. The number of aromatic nitrogens is 1. The fraction of sp³-hybridized carbons (Fsp3) is 0.333. The highest BCUT2D eigenvalue weighted by molar-refractivity contribution is 7.89. The van der Waals surface area contributed by atoms with Crippen molar-refractivity contribution in [1.29, 1.82) is 0 Å². The number of aryl methyl sites for hydroxylation is 2. The molecule has 4 nitrogen and oxygen atoms in total. The minimum atomic E-state index is -3.46. The van der Waals surface area contributed by atoms with Crippen molar-refractivity contribution in [3.8, 4) is 0 Å². The average molecular weight is 366 g/mol. The minimum absolute atomic E-state index is 0.420. The summed E-state index contributed by atoms with van der Waals surface area (Å²) in [6, 6.07) is 13.9. The van der Waals surface area contributed by atoms with Crippen LogP contribution >= 0.6 is 0 Å². The number of nitrogens with zero attached hydrogens (tertiary/aromatic N) is 1. The van der Waals surface area contributed by atoms with Gasteiger partial charge in [-0.15, -0.1) is 0 Å². The van der Waals surface area contributed by atoms with Gasteiger partial charge in [-0.2, -0.15) is 4.31 Å². The summed E-state index contributed by atoms with van der Waals surface area (Å²) >= 11 is 0. The standard InChI is InChI=1S/C21H22N2O2S/c24-26(25,17-10-9-15-5-1-2-6-16(15)13-17)23-12-11-19-18-7-3-4-8-20(18)22-21(19)14-23/h3-4,7-10,13,22H,1-2,5-6,11-12,14H2. The largest absolute Gasteiger partial charge is 0.357 e. The molecule has 2 aromatic carbocycles. The third-order valence-electron chi connectivity index (χ3n) is 5.81. The predicted molar refractivity (Wildman–Crippen MR) is 103 cm³/mol. The van der Waals surface area contributed by atoms with Gasteiger partial charge in [0.15, 0.2) is 0 Å². The minimum Gasteiger partial charge on any atom is -0.357 e. The number of para-hydroxylation sites is 1. The second kappa shape index (κ2) is 5.96. The van der Waals surface area contributed by atoms with E-state index in [4.69, 9.17) is 0 Å². The zero-order chi connectivity index (χ0) is 17.7. The maximum atomic E-state index is 13.2. The van der Waals surface area contributed by atoms with Gasteiger partial charge in [0.2, 0.25) is 10.0 Å². The molecule has 1 aliphatic carbocycles. The van der Waals surface area contributed by atoms with E-state index in [0.29, 0.717) is 18.0 Å². The summed E-state index contributed by atoms with van der Waals surface area (Å²) in [6.45, 7) is 0.956. The highest BCUT2D eigenvalue weighted by Gasteiger charge is 2.30. The average Bonchev–Trinajstić information content (AvgIpc) is 3.05. The molecule has 0 unspecified atom stereocenters. The second-order valence-corrected chi connectivity index (χ2v) is 9.29. The van der Waals surface area contributed by atoms with Crippen LogP contribution < -0.4 is 0 Å². The first-order valence-corrected chi connectivity index (χ1v) is 10.8. The zero-order valence-electron chi connectivity index (χ0n) is 14.7. The van der Waals surface area contributed by atoms with Crippen LogP contribution in [0.25, 0.3) is 10.9 Å². The molecule has 0 radical (unpaired) electrons. The Morgan fingerprint density at radius 3 is 2.62 bits per heavy atom. The SMILES string of the molecule is O=S(=O)(c1ccc2c(c1)CCCC2)N1CCc2c([nH]c3ccccc23)C1. The Hall–Kier alpha value is -2.11. The quantitative estimate of drug-likeness (QED) is 0.750. The van der Waals surface area contributed by atoms with Gasteiger partial charge in [-0.3, -0.25) is 0 Å². The Kier molecular flexibility index (Phi) is 3.69. The van der Waals surface area contributed by atoms with Crippen molar-refractivity contribution in [2.24, 2.45) is 0 Å². The molecule has 0 spiro atoms. The van der Waals surface area contributed by atoms with Crippen LogP contribution in [0.2, 0.25) is 0 Å². The van der Waals surface area contributed by atoms with E-state index in [1.165, 1.54) is 28.5 Å². The van der Waals surface area contributed by atoms with Crippen LogP contribution in [0.3, 0.4) is 0 Å². The van der Waals surface area contributed by atoms with E-state index < -0.39 is 10.0 Å². The van der Waals surface area contributed by atoms with E-state index >= 15 is 0 Å². The highest BCUT2D eigenvalue weighted by Crippen LogP contribution is 2.31. The summed E-state index contributed by atoms with van der Waals surface area (Å²) in [5, 5.41) is 1.22. The Morgan fingerprint density at radius 2 is 1.73 bits per heavy atom. The molecule has 1 N–H and O–H groups in total. The number of H-pyrrole nitrogens is 1. The van der Waals surface area contributed by atoms with Crippen LogP contribution in [0.4, 0.5) is 0 Å². The first-order valence-electron chi connectivity index (χ1n) is 9.33. The second-order valence-electron chi connectivity index (χ2n) is 7.35. The van der Waals surface area contributed by atoms with E-state index in [1.807, 2.05) is 24.3 Å². The summed E-state index contributed by atoms with van der Waals surface area (Å²) in [6.07, 6.45) is 5.17. The first-order chi connectivity index (χ1) is 12.6. The number of benzene rings is 2. The van der Waals surface area contributed by atoms with Crippen LogP contribution in [0.15, 0.2) is 47.4 Å². The van der Waals surface area contributed by atoms with E-state index in [9.17, 15) is 8.42 Å². The van der Waals surface area contributed by atoms with Gasteiger partial charge >= 0.3 is 0 Å². The normalized spacial score (nSPS) is 17.8. The van der Waals surface area contributed by atoms with Gasteiger partial charge in [-0.05, 0) is 67.0 Å². The summed E-state index contributed by atoms with van der Waals surface area (Å²) in [5.74, 6) is 0. The van der Waals surface area contributed by atoms with Crippen LogP contribution in [0.1, 0.15) is 35.2 Å². The molecule has 1 aromatic heterocycles. The Balaban J connectivity index is 1.49. The molecule has 1 aliphatic heterocycles. The molecular formula is C21H22N2O2S. The topological polar surface area (TPSA) is 53.2 Å². The Morgan fingerprint density at radius 1 is 0.923 bits per heavy atom. The summed E-state index contributed by atoms with van der Waals surface area (Å²) in [7, 11) is -3.46. The van der Waals surface area contributed by atoms with Crippen molar-refractivity contribution < 1.29 is 8.42 Å². The lowest BCUT2D eigenvalue weighted by molar-refractivity contribution is 0.388. The molecule has 5 heteroatoms. The molecule has 5 rings (SSSR count). The van der Waals surface area contributed by atoms with Crippen LogP contribution in [-0.4, -0.2) is 24.3 Å². The molecular weight excluding hydrogens is 344 g/mol. The highest BCUT2D eigenvalue weighted by atomic mass is 32.2. The van der Waals surface area contributed by atoms with Crippen molar-refractivity contribution in [1.82, 2.24) is 9.29 Å². The van der Waals surface area contributed by atoms with Gasteiger partial charge in [-0.25, -0.2) is 8.42 Å². The molecule has 0 bridgehead atoms. The molecule has 134 valence electrons. The van der Waals surface area contributed by atoms with Crippen LogP contribution in [-0.2, 0) is 35.8 Å². The summed E-state index contributed by atoms with van der Waals surface area (Å²) < 4.78 is 28.0. The summed E-state index contributed by atoms with van der Waals surface area (Å²) in [5.41, 5.74) is 5.90. The van der Waals surface area contributed by atoms with Gasteiger partial charge in [0.25, 0.3) is 0 Å². The van der Waals surface area contributed by atoms with Crippen molar-refractivity contribution in [2.45, 2.75) is 43.5 Å². The van der Waals surface area contributed by atoms with Gasteiger partial charge in [-0.1, -0.05) is 24.3 Å². The van der Waals surface area contributed by atoms with Gasteiger partial charge in [0, 0.05) is 23.1 Å². The van der Waals surface area contributed by atoms with Crippen LogP contribution in [0, 0.1) is 0 Å². The molecule has 0 atom stereocenters. The fourth-order valence-corrected chi connectivity index (χ4v) is 5.85. The third-order valence-corrected chi connectivity index (χ3v) is 7.65. The molecule has 26 heavy (non-hydrogen) atoms. The van der Waals surface area contributed by atoms with Gasteiger partial charge in [0.1, 0.15) is 0 Å². The van der Waals surface area contributed by atoms with Gasteiger partial charge in [0.05, 0.1) is 11.4 Å². The molecule has 0 fully saturated rings. The van der Waals surface area contributed by atoms with Gasteiger partial charge < -0.3 is 4.98 Å². The molecule has 0 saturated heterocycles. The lowest BCUT2D eigenvalue weighted by Crippen LogP contribution is -2.36. The molecule has 0 saturated carbocycles.